The van der Waals surface area contributed by atoms with Crippen molar-refractivity contribution in [3.63, 3.8) is 0 Å². The molecule has 0 saturated heterocycles. The second-order valence-electron chi connectivity index (χ2n) is 10.3. The Hall–Kier alpha value is -3.68. The van der Waals surface area contributed by atoms with Crippen molar-refractivity contribution in [2.24, 2.45) is 10.9 Å². The first-order chi connectivity index (χ1) is 21.0. The van der Waals surface area contributed by atoms with Crippen LogP contribution in [0.5, 0.6) is 0 Å². The molecule has 3 unspecified atom stereocenters. The van der Waals surface area contributed by atoms with Crippen molar-refractivity contribution in [3.05, 3.63) is 52.2 Å². The first-order valence-corrected chi connectivity index (χ1v) is 16.4. The van der Waals surface area contributed by atoms with Crippen LogP contribution in [-0.4, -0.2) is 100 Å². The van der Waals surface area contributed by atoms with Crippen LogP contribution in [-0.2, 0) is 29.2 Å². The molecule has 16 nitrogen and oxygen atoms in total. The number of aliphatic carboxylic acids is 2. The Bertz CT molecular complexity index is 1540. The van der Waals surface area contributed by atoms with Gasteiger partial charge < -0.3 is 31.7 Å². The number of halogens is 1. The standard InChI is InChI=1S/C26H33ClN6O10S2/c1-12-8-14-18(33(12)32-24(38)13-2-3-15(27)20(9-13)45(29,42)43)5-6-19(34)23(14)44-11-17(25(39)30-10-22(36)37)31-21(35)7-4-16(28)26(40)41/h2-3,5-6,9,12,16-17,19,23,34H,4,7-8,10-11,28H2,1H3,(H,30,39)(H,31,35)(H,32,38)(H,36,37)(H,40,41)(H2,29,42,43)/t12?,16-,17-,19?,23?/m0/s1. The molecule has 3 rings (SSSR count). The number of carboxylic acids is 2. The summed E-state index contributed by atoms with van der Waals surface area (Å²) in [4.78, 5) is 59.9. The average Bonchev–Trinajstić information content (AvgIpc) is 3.27. The lowest BCUT2D eigenvalue weighted by molar-refractivity contribution is -0.139. The number of benzene rings is 1. The predicted molar refractivity (Wildman–Crippen MR) is 162 cm³/mol. The Morgan fingerprint density at radius 1 is 1.20 bits per heavy atom. The lowest BCUT2D eigenvalue weighted by Gasteiger charge is -2.30. The Kier molecular flexibility index (Phi) is 12.0. The van der Waals surface area contributed by atoms with Crippen LogP contribution in [0, 0.1) is 0 Å². The number of hydrazine groups is 1. The van der Waals surface area contributed by atoms with Crippen molar-refractivity contribution in [1.29, 1.82) is 0 Å². The minimum atomic E-state index is -4.20. The Balaban J connectivity index is 1.77. The molecule has 0 fully saturated rings. The number of nitrogens with two attached hydrogens (primary N) is 2. The summed E-state index contributed by atoms with van der Waals surface area (Å²) in [7, 11) is -4.20. The van der Waals surface area contributed by atoms with Crippen LogP contribution in [0.3, 0.4) is 0 Å². The number of carbonyl (C=O) groups is 5. The van der Waals surface area contributed by atoms with E-state index in [1.165, 1.54) is 18.2 Å². The van der Waals surface area contributed by atoms with Gasteiger partial charge in [0.2, 0.25) is 21.8 Å². The molecular formula is C26H33ClN6O10S2. The summed E-state index contributed by atoms with van der Waals surface area (Å²) in [6, 6.07) is 0.789. The molecule has 0 aromatic heterocycles. The summed E-state index contributed by atoms with van der Waals surface area (Å²) in [6.07, 6.45) is 1.97. The van der Waals surface area contributed by atoms with Gasteiger partial charge in [-0.05, 0) is 49.6 Å². The maximum atomic E-state index is 13.1. The normalized spacial score (nSPS) is 20.6. The number of thioether (sulfide) groups is 1. The van der Waals surface area contributed by atoms with Gasteiger partial charge in [0, 0.05) is 17.7 Å². The third kappa shape index (κ3) is 9.41. The average molecular weight is 689 g/mol. The van der Waals surface area contributed by atoms with E-state index in [4.69, 9.17) is 32.7 Å². The van der Waals surface area contributed by atoms with Crippen molar-refractivity contribution in [2.75, 3.05) is 12.3 Å². The van der Waals surface area contributed by atoms with Crippen LogP contribution in [0.15, 0.2) is 46.5 Å². The number of nitrogens with one attached hydrogen (secondary N) is 3. The lowest BCUT2D eigenvalue weighted by atomic mass is 9.98. The fourth-order valence-electron chi connectivity index (χ4n) is 4.60. The first kappa shape index (κ1) is 35.8. The van der Waals surface area contributed by atoms with Crippen molar-refractivity contribution in [1.82, 2.24) is 21.1 Å². The topological polar surface area (TPSA) is 272 Å². The van der Waals surface area contributed by atoms with Crippen LogP contribution >= 0.6 is 23.4 Å². The van der Waals surface area contributed by atoms with E-state index in [0.29, 0.717) is 17.7 Å². The van der Waals surface area contributed by atoms with Gasteiger partial charge in [-0.15, -0.1) is 11.8 Å². The molecule has 1 heterocycles. The molecule has 1 aliphatic heterocycles. The second-order valence-corrected chi connectivity index (χ2v) is 13.4. The van der Waals surface area contributed by atoms with Gasteiger partial charge in [0.1, 0.15) is 23.5 Å². The molecule has 10 N–H and O–H groups in total. The molecule has 45 heavy (non-hydrogen) atoms. The molecule has 5 atom stereocenters. The summed E-state index contributed by atoms with van der Waals surface area (Å²) >= 11 is 7.04. The molecule has 0 bridgehead atoms. The number of allylic oxidation sites excluding steroid dienone is 1. The zero-order chi connectivity index (χ0) is 33.6. The van der Waals surface area contributed by atoms with Gasteiger partial charge in [0.05, 0.1) is 28.1 Å². The zero-order valence-corrected chi connectivity index (χ0v) is 26.2. The third-order valence-electron chi connectivity index (χ3n) is 6.88. The molecule has 19 heteroatoms. The second kappa shape index (κ2) is 15.1. The number of primary sulfonamides is 1. The van der Waals surface area contributed by atoms with Crippen LogP contribution < -0.4 is 26.9 Å². The maximum absolute atomic E-state index is 13.1. The largest absolute Gasteiger partial charge is 0.480 e. The van der Waals surface area contributed by atoms with Crippen LogP contribution in [0.25, 0.3) is 0 Å². The monoisotopic (exact) mass is 688 g/mol. The van der Waals surface area contributed by atoms with Crippen molar-refractivity contribution < 1.29 is 47.7 Å². The number of carbonyl (C=O) groups excluding carboxylic acids is 3. The van der Waals surface area contributed by atoms with E-state index < -0.39 is 74.6 Å². The maximum Gasteiger partial charge on any atom is 0.322 e. The number of hydrogen-bond acceptors (Lipinski definition) is 11. The Morgan fingerprint density at radius 2 is 1.89 bits per heavy atom. The minimum Gasteiger partial charge on any atom is -0.480 e. The van der Waals surface area contributed by atoms with E-state index >= 15 is 0 Å². The molecule has 1 aromatic carbocycles. The van der Waals surface area contributed by atoms with Crippen molar-refractivity contribution >= 4 is 63.0 Å². The number of amides is 3. The third-order valence-corrected chi connectivity index (χ3v) is 9.72. The number of aliphatic hydroxyl groups excluding tert-OH is 1. The quantitative estimate of drug-likeness (QED) is 0.115. The first-order valence-electron chi connectivity index (χ1n) is 13.4. The minimum absolute atomic E-state index is 0.0225. The number of sulfonamides is 1. The number of rotatable bonds is 14. The van der Waals surface area contributed by atoms with E-state index in [0.717, 1.165) is 17.8 Å². The summed E-state index contributed by atoms with van der Waals surface area (Å²) in [6.45, 7) is 1.10. The lowest BCUT2D eigenvalue weighted by Crippen LogP contribution is -2.50. The highest BCUT2D eigenvalue weighted by molar-refractivity contribution is 8.00. The molecular weight excluding hydrogens is 656 g/mol. The van der Waals surface area contributed by atoms with Crippen LogP contribution in [0.2, 0.25) is 5.02 Å². The van der Waals surface area contributed by atoms with Gasteiger partial charge in [0.25, 0.3) is 5.91 Å². The molecule has 246 valence electrons. The van der Waals surface area contributed by atoms with Gasteiger partial charge >= 0.3 is 11.9 Å². The molecule has 0 radical (unpaired) electrons. The van der Waals surface area contributed by atoms with E-state index in [-0.39, 0.29) is 35.2 Å². The smallest absolute Gasteiger partial charge is 0.322 e. The van der Waals surface area contributed by atoms with Gasteiger partial charge in [-0.1, -0.05) is 17.7 Å². The fourth-order valence-corrected chi connectivity index (χ4v) is 7.02. The highest BCUT2D eigenvalue weighted by Gasteiger charge is 2.39. The van der Waals surface area contributed by atoms with Gasteiger partial charge in [-0.2, -0.15) is 0 Å². The van der Waals surface area contributed by atoms with E-state index in [1.807, 2.05) is 6.92 Å². The zero-order valence-electron chi connectivity index (χ0n) is 23.8. The van der Waals surface area contributed by atoms with Crippen LogP contribution in [0.4, 0.5) is 0 Å². The molecule has 2 aliphatic rings. The van der Waals surface area contributed by atoms with Crippen LogP contribution in [0.1, 0.15) is 36.5 Å². The van der Waals surface area contributed by atoms with E-state index in [2.05, 4.69) is 16.1 Å². The van der Waals surface area contributed by atoms with Gasteiger partial charge in [0.15, 0.2) is 0 Å². The van der Waals surface area contributed by atoms with Gasteiger partial charge in [-0.25, -0.2) is 13.6 Å². The number of aliphatic hydroxyl groups is 1. The molecule has 3 amide bonds. The van der Waals surface area contributed by atoms with E-state index in [9.17, 15) is 37.5 Å². The van der Waals surface area contributed by atoms with Gasteiger partial charge in [-0.3, -0.25) is 34.4 Å². The Labute approximate surface area is 267 Å². The number of carboxylic acid groups (broad SMARTS) is 2. The molecule has 1 aromatic rings. The molecule has 0 saturated carbocycles. The highest BCUT2D eigenvalue weighted by atomic mass is 35.5. The summed E-state index contributed by atoms with van der Waals surface area (Å²) in [5, 5.41) is 39.4. The fraction of sp³-hybridized carbons (Fsp3) is 0.423. The van der Waals surface area contributed by atoms with Crippen molar-refractivity contribution in [3.8, 4) is 0 Å². The SMILES string of the molecule is CC1CC2=C(C=CC(O)C2SC[C@H](NC(=O)CC[C@H](N)C(=O)O)C(=O)NCC(=O)O)N1NC(=O)c1ccc(Cl)c(S(N)(=O)=O)c1. The molecule has 1 aliphatic carbocycles. The Morgan fingerprint density at radius 3 is 2.51 bits per heavy atom. The predicted octanol–water partition coefficient (Wildman–Crippen LogP) is -1.11. The molecule has 0 spiro atoms. The van der Waals surface area contributed by atoms with E-state index in [1.54, 1.807) is 11.1 Å². The summed E-state index contributed by atoms with van der Waals surface area (Å²) in [5.41, 5.74) is 9.42. The number of nitrogens with zero attached hydrogens (tertiary/aromatic N) is 1. The summed E-state index contributed by atoms with van der Waals surface area (Å²) < 4.78 is 23.7. The van der Waals surface area contributed by atoms with Crippen molar-refractivity contribution in [2.45, 2.75) is 60.6 Å². The summed E-state index contributed by atoms with van der Waals surface area (Å²) in [5.74, 6) is -4.83. The number of hydrogen-bond donors (Lipinski definition) is 8. The highest BCUT2D eigenvalue weighted by Crippen LogP contribution is 2.40.